The number of imidazole rings is 1. The van der Waals surface area contributed by atoms with E-state index < -0.39 is 0 Å². The number of amides is 1. The lowest BCUT2D eigenvalue weighted by molar-refractivity contribution is 0.0902. The molecule has 0 aromatic carbocycles. The van der Waals surface area contributed by atoms with Crippen LogP contribution < -0.4 is 0 Å². The average Bonchev–Trinajstić information content (AvgIpc) is 3.23. The lowest BCUT2D eigenvalue weighted by Gasteiger charge is -2.23. The molecule has 6 nitrogen and oxygen atoms in total. The smallest absolute Gasteiger partial charge is 0.410 e. The van der Waals surface area contributed by atoms with Crippen LogP contribution in [0.3, 0.4) is 0 Å². The molecule has 1 fully saturated rings. The number of hydrogen-bond acceptors (Lipinski definition) is 4. The molecule has 2 aromatic rings. The van der Waals surface area contributed by atoms with Gasteiger partial charge in [0.05, 0.1) is 17.7 Å². The molecule has 0 radical (unpaired) electrons. The Labute approximate surface area is 150 Å². The van der Waals surface area contributed by atoms with E-state index in [1.165, 1.54) is 12.8 Å². The molecule has 2 heterocycles. The van der Waals surface area contributed by atoms with Crippen molar-refractivity contribution < 1.29 is 9.53 Å². The molecular formula is C17H21BrN4O2. The van der Waals surface area contributed by atoms with Gasteiger partial charge in [-0.1, -0.05) is 12.8 Å². The Balaban J connectivity index is 1.70. The normalized spacial score (nSPS) is 14.8. The van der Waals surface area contributed by atoms with Crippen molar-refractivity contribution >= 4 is 22.0 Å². The van der Waals surface area contributed by atoms with Gasteiger partial charge in [0, 0.05) is 30.8 Å². The number of carbonyl (C=O) groups is 1. The third kappa shape index (κ3) is 3.61. The molecule has 0 bridgehead atoms. The maximum atomic E-state index is 12.3. The topological polar surface area (TPSA) is 60.3 Å². The number of hydrogen-bond donors (Lipinski definition) is 0. The van der Waals surface area contributed by atoms with Gasteiger partial charge in [0.2, 0.25) is 0 Å². The van der Waals surface area contributed by atoms with Crippen LogP contribution in [0.25, 0.3) is 11.4 Å². The Bertz CT molecular complexity index is 708. The molecule has 0 atom stereocenters. The zero-order valence-electron chi connectivity index (χ0n) is 13.9. The van der Waals surface area contributed by atoms with E-state index in [1.54, 1.807) is 17.4 Å². The summed E-state index contributed by atoms with van der Waals surface area (Å²) in [7, 11) is 3.71. The molecular weight excluding hydrogens is 372 g/mol. The number of pyridine rings is 1. The van der Waals surface area contributed by atoms with Gasteiger partial charge in [0.1, 0.15) is 12.3 Å². The SMILES string of the molecule is CN(C(=O)OCc1c(-c2ccc(Br)cn2)ncn1C)C1CCCC1. The molecule has 1 aliphatic rings. The van der Waals surface area contributed by atoms with Gasteiger partial charge in [-0.2, -0.15) is 0 Å². The third-order valence-electron chi connectivity index (χ3n) is 4.52. The molecule has 0 N–H and O–H groups in total. The second-order valence-electron chi connectivity index (χ2n) is 6.12. The highest BCUT2D eigenvalue weighted by Crippen LogP contribution is 2.24. The van der Waals surface area contributed by atoms with E-state index >= 15 is 0 Å². The van der Waals surface area contributed by atoms with Crippen molar-refractivity contribution in [2.45, 2.75) is 38.3 Å². The monoisotopic (exact) mass is 392 g/mol. The van der Waals surface area contributed by atoms with Crippen LogP contribution in [0.2, 0.25) is 0 Å². The molecule has 24 heavy (non-hydrogen) atoms. The highest BCUT2D eigenvalue weighted by atomic mass is 79.9. The molecule has 0 saturated heterocycles. The highest BCUT2D eigenvalue weighted by molar-refractivity contribution is 9.10. The van der Waals surface area contributed by atoms with E-state index in [-0.39, 0.29) is 12.7 Å². The summed E-state index contributed by atoms with van der Waals surface area (Å²) in [4.78, 5) is 22.8. The molecule has 0 spiro atoms. The Morgan fingerprint density at radius 3 is 2.79 bits per heavy atom. The molecule has 0 unspecified atom stereocenters. The Morgan fingerprint density at radius 2 is 2.12 bits per heavy atom. The number of carbonyl (C=O) groups excluding carboxylic acids is 1. The first-order valence-corrected chi connectivity index (χ1v) is 8.87. The van der Waals surface area contributed by atoms with Crippen molar-refractivity contribution in [1.82, 2.24) is 19.4 Å². The number of aryl methyl sites for hydroxylation is 1. The van der Waals surface area contributed by atoms with Gasteiger partial charge in [-0.25, -0.2) is 9.78 Å². The number of aromatic nitrogens is 3. The summed E-state index contributed by atoms with van der Waals surface area (Å²) in [6.07, 6.45) is 7.65. The fraction of sp³-hybridized carbons (Fsp3) is 0.471. The van der Waals surface area contributed by atoms with Gasteiger partial charge >= 0.3 is 6.09 Å². The van der Waals surface area contributed by atoms with E-state index in [0.29, 0.717) is 6.04 Å². The second-order valence-corrected chi connectivity index (χ2v) is 7.03. The fourth-order valence-corrected chi connectivity index (χ4v) is 3.26. The lowest BCUT2D eigenvalue weighted by atomic mass is 10.2. The Morgan fingerprint density at radius 1 is 1.38 bits per heavy atom. The second kappa shape index (κ2) is 7.34. The van der Waals surface area contributed by atoms with Crippen molar-refractivity contribution in [3.8, 4) is 11.4 Å². The predicted octanol–water partition coefficient (Wildman–Crippen LogP) is 3.76. The summed E-state index contributed by atoms with van der Waals surface area (Å²) in [6.45, 7) is 0.180. The van der Waals surface area contributed by atoms with Gasteiger partial charge in [-0.05, 0) is 40.9 Å². The predicted molar refractivity (Wildman–Crippen MR) is 94.3 cm³/mol. The van der Waals surface area contributed by atoms with Crippen LogP contribution in [0.15, 0.2) is 29.1 Å². The van der Waals surface area contributed by atoms with Crippen molar-refractivity contribution in [3.63, 3.8) is 0 Å². The van der Waals surface area contributed by atoms with Crippen LogP contribution in [0.1, 0.15) is 31.4 Å². The quantitative estimate of drug-likeness (QED) is 0.794. The van der Waals surface area contributed by atoms with Gasteiger partial charge in [-0.15, -0.1) is 0 Å². The molecule has 1 saturated carbocycles. The zero-order valence-corrected chi connectivity index (χ0v) is 15.5. The van der Waals surface area contributed by atoms with Gasteiger partial charge in [0.15, 0.2) is 0 Å². The van der Waals surface area contributed by atoms with Crippen molar-refractivity contribution in [1.29, 1.82) is 0 Å². The summed E-state index contributed by atoms with van der Waals surface area (Å²) in [5.74, 6) is 0. The van der Waals surface area contributed by atoms with E-state index in [4.69, 9.17) is 4.74 Å². The molecule has 3 rings (SSSR count). The van der Waals surface area contributed by atoms with Gasteiger partial charge < -0.3 is 14.2 Å². The van der Waals surface area contributed by atoms with E-state index in [9.17, 15) is 4.79 Å². The van der Waals surface area contributed by atoms with Crippen LogP contribution in [0.4, 0.5) is 4.79 Å². The van der Waals surface area contributed by atoms with Gasteiger partial charge in [-0.3, -0.25) is 4.98 Å². The molecule has 0 aliphatic heterocycles. The fourth-order valence-electron chi connectivity index (χ4n) is 3.03. The largest absolute Gasteiger partial charge is 0.443 e. The highest BCUT2D eigenvalue weighted by Gasteiger charge is 2.25. The molecule has 7 heteroatoms. The minimum atomic E-state index is -0.280. The molecule has 2 aromatic heterocycles. The first kappa shape index (κ1) is 17.0. The standard InChI is InChI=1S/C17H21BrN4O2/c1-21-11-20-16(14-8-7-12(18)9-19-14)15(21)10-24-17(23)22(2)13-5-3-4-6-13/h7-9,11,13H,3-6,10H2,1-2H3. The minimum absolute atomic E-state index is 0.180. The van der Waals surface area contributed by atoms with Crippen LogP contribution in [-0.2, 0) is 18.4 Å². The summed E-state index contributed by atoms with van der Waals surface area (Å²) in [5.41, 5.74) is 2.33. The van der Waals surface area contributed by atoms with Crippen LogP contribution in [0.5, 0.6) is 0 Å². The molecule has 128 valence electrons. The molecule has 1 amide bonds. The van der Waals surface area contributed by atoms with Crippen molar-refractivity contribution in [3.05, 3.63) is 34.8 Å². The van der Waals surface area contributed by atoms with E-state index in [0.717, 1.165) is 34.4 Å². The summed E-state index contributed by atoms with van der Waals surface area (Å²) in [5, 5.41) is 0. The number of nitrogens with zero attached hydrogens (tertiary/aromatic N) is 4. The summed E-state index contributed by atoms with van der Waals surface area (Å²) >= 11 is 3.38. The van der Waals surface area contributed by atoms with Crippen LogP contribution in [0, 0.1) is 0 Å². The van der Waals surface area contributed by atoms with Crippen molar-refractivity contribution in [2.75, 3.05) is 7.05 Å². The third-order valence-corrected chi connectivity index (χ3v) is 4.99. The minimum Gasteiger partial charge on any atom is -0.443 e. The maximum Gasteiger partial charge on any atom is 0.410 e. The Hall–Kier alpha value is -1.89. The van der Waals surface area contributed by atoms with Crippen LogP contribution in [-0.4, -0.2) is 38.6 Å². The number of rotatable bonds is 4. The summed E-state index contributed by atoms with van der Waals surface area (Å²) < 4.78 is 8.29. The maximum absolute atomic E-state index is 12.3. The van der Waals surface area contributed by atoms with E-state index in [1.807, 2.05) is 30.8 Å². The van der Waals surface area contributed by atoms with Gasteiger partial charge in [0.25, 0.3) is 0 Å². The number of ether oxygens (including phenoxy) is 1. The first-order valence-electron chi connectivity index (χ1n) is 8.08. The van der Waals surface area contributed by atoms with Crippen molar-refractivity contribution in [2.24, 2.45) is 7.05 Å². The zero-order chi connectivity index (χ0) is 17.1. The summed E-state index contributed by atoms with van der Waals surface area (Å²) in [6, 6.07) is 4.11. The molecule has 1 aliphatic carbocycles. The first-order chi connectivity index (χ1) is 11.6. The number of halogens is 1. The Kier molecular flexibility index (Phi) is 5.18. The average molecular weight is 393 g/mol. The van der Waals surface area contributed by atoms with E-state index in [2.05, 4.69) is 25.9 Å². The van der Waals surface area contributed by atoms with Crippen LogP contribution >= 0.6 is 15.9 Å². The lowest BCUT2D eigenvalue weighted by Crippen LogP contribution is -2.35.